The van der Waals surface area contributed by atoms with Gasteiger partial charge in [-0.3, -0.25) is 4.79 Å². The first-order chi connectivity index (χ1) is 11.3. The van der Waals surface area contributed by atoms with Crippen LogP contribution in [0.1, 0.15) is 29.3 Å². The van der Waals surface area contributed by atoms with E-state index in [0.717, 1.165) is 16.5 Å². The Morgan fingerprint density at radius 2 is 1.79 bits per heavy atom. The van der Waals surface area contributed by atoms with Crippen molar-refractivity contribution in [3.05, 3.63) is 58.1 Å². The van der Waals surface area contributed by atoms with Crippen LogP contribution < -0.4 is 10.0 Å². The highest BCUT2D eigenvalue weighted by Crippen LogP contribution is 2.19. The minimum absolute atomic E-state index is 0.173. The Balaban J connectivity index is 2.11. The predicted octanol–water partition coefficient (Wildman–Crippen LogP) is 3.70. The first-order valence-corrected chi connectivity index (χ1v) is 9.78. The fraction of sp³-hybridized carbons (Fsp3) is 0.235. The van der Waals surface area contributed by atoms with Gasteiger partial charge in [0.1, 0.15) is 0 Å². The van der Waals surface area contributed by atoms with Crippen LogP contribution in [-0.2, 0) is 10.0 Å². The van der Waals surface area contributed by atoms with Gasteiger partial charge in [0.05, 0.1) is 4.90 Å². The van der Waals surface area contributed by atoms with Crippen molar-refractivity contribution in [2.24, 2.45) is 0 Å². The number of hydrogen-bond donors (Lipinski definition) is 2. The molecule has 0 aliphatic heterocycles. The molecule has 2 rings (SSSR count). The largest absolute Gasteiger partial charge is 0.322 e. The highest BCUT2D eigenvalue weighted by atomic mass is 79.9. The van der Waals surface area contributed by atoms with E-state index in [1.165, 1.54) is 12.1 Å². The van der Waals surface area contributed by atoms with Crippen LogP contribution in [0, 0.1) is 6.92 Å². The lowest BCUT2D eigenvalue weighted by atomic mass is 10.1. The van der Waals surface area contributed by atoms with E-state index < -0.39 is 10.0 Å². The Morgan fingerprint density at radius 1 is 1.12 bits per heavy atom. The fourth-order valence-corrected chi connectivity index (χ4v) is 3.49. The van der Waals surface area contributed by atoms with Gasteiger partial charge in [0.25, 0.3) is 5.91 Å². The van der Waals surface area contributed by atoms with Crippen molar-refractivity contribution >= 4 is 37.5 Å². The zero-order valence-corrected chi connectivity index (χ0v) is 15.9. The molecule has 0 atom stereocenters. The number of amides is 1. The van der Waals surface area contributed by atoms with Gasteiger partial charge in [0.15, 0.2) is 0 Å². The molecule has 0 heterocycles. The fourth-order valence-electron chi connectivity index (χ4n) is 1.97. The second-order valence-electron chi connectivity index (χ2n) is 5.34. The van der Waals surface area contributed by atoms with Crippen molar-refractivity contribution in [1.82, 2.24) is 4.72 Å². The van der Waals surface area contributed by atoms with Gasteiger partial charge in [-0.1, -0.05) is 28.9 Å². The van der Waals surface area contributed by atoms with E-state index in [4.69, 9.17) is 0 Å². The molecule has 0 aliphatic rings. The number of aryl methyl sites for hydroxylation is 1. The third kappa shape index (κ3) is 4.66. The van der Waals surface area contributed by atoms with Crippen molar-refractivity contribution in [3.63, 3.8) is 0 Å². The van der Waals surface area contributed by atoms with E-state index in [1.54, 1.807) is 24.3 Å². The van der Waals surface area contributed by atoms with Gasteiger partial charge in [-0.2, -0.15) is 0 Å². The zero-order valence-electron chi connectivity index (χ0n) is 13.5. The molecule has 1 amide bonds. The minimum Gasteiger partial charge on any atom is -0.322 e. The summed E-state index contributed by atoms with van der Waals surface area (Å²) in [6.45, 7) is 4.23. The highest BCUT2D eigenvalue weighted by Gasteiger charge is 2.13. The van der Waals surface area contributed by atoms with Crippen molar-refractivity contribution in [2.75, 3.05) is 11.9 Å². The summed E-state index contributed by atoms with van der Waals surface area (Å²) >= 11 is 3.40. The summed E-state index contributed by atoms with van der Waals surface area (Å²) in [6.07, 6.45) is 0.722. The predicted molar refractivity (Wildman–Crippen MR) is 98.8 cm³/mol. The van der Waals surface area contributed by atoms with E-state index in [2.05, 4.69) is 26.0 Å². The number of hydrogen-bond acceptors (Lipinski definition) is 3. The minimum atomic E-state index is -3.50. The molecule has 0 bridgehead atoms. The summed E-state index contributed by atoms with van der Waals surface area (Å²) in [7, 11) is -3.50. The number of rotatable bonds is 6. The Kier molecular flexibility index (Phi) is 6.15. The van der Waals surface area contributed by atoms with Crippen molar-refractivity contribution in [3.8, 4) is 0 Å². The molecule has 0 unspecified atom stereocenters. The molecule has 2 aromatic carbocycles. The van der Waals surface area contributed by atoms with Crippen LogP contribution in [0.2, 0.25) is 0 Å². The molecule has 0 aliphatic carbocycles. The summed E-state index contributed by atoms with van der Waals surface area (Å²) in [5.41, 5.74) is 2.10. The zero-order chi connectivity index (χ0) is 17.7. The third-order valence-electron chi connectivity index (χ3n) is 3.40. The van der Waals surface area contributed by atoms with Crippen LogP contribution in [0.25, 0.3) is 0 Å². The molecule has 0 radical (unpaired) electrons. The van der Waals surface area contributed by atoms with E-state index in [0.29, 0.717) is 17.8 Å². The molecular weight excluding hydrogens is 392 g/mol. The lowest BCUT2D eigenvalue weighted by Crippen LogP contribution is -2.24. The second kappa shape index (κ2) is 7.92. The third-order valence-corrected chi connectivity index (χ3v) is 5.73. The summed E-state index contributed by atoms with van der Waals surface area (Å²) in [4.78, 5) is 12.4. The number of halogens is 1. The van der Waals surface area contributed by atoms with Crippen LogP contribution in [0.5, 0.6) is 0 Å². The van der Waals surface area contributed by atoms with Crippen molar-refractivity contribution in [2.45, 2.75) is 25.2 Å². The topological polar surface area (TPSA) is 75.3 Å². The summed E-state index contributed by atoms with van der Waals surface area (Å²) in [6, 6.07) is 11.4. The first kappa shape index (κ1) is 18.6. The van der Waals surface area contributed by atoms with Crippen LogP contribution in [0.3, 0.4) is 0 Å². The Hall–Kier alpha value is -1.70. The maximum absolute atomic E-state index is 12.2. The molecule has 0 aromatic heterocycles. The Bertz CT molecular complexity index is 833. The van der Waals surface area contributed by atoms with Crippen LogP contribution >= 0.6 is 15.9 Å². The molecule has 24 heavy (non-hydrogen) atoms. The van der Waals surface area contributed by atoms with Crippen LogP contribution in [-0.4, -0.2) is 20.9 Å². The molecule has 0 spiro atoms. The molecular formula is C17H19BrN2O3S. The second-order valence-corrected chi connectivity index (χ2v) is 7.96. The summed E-state index contributed by atoms with van der Waals surface area (Å²) in [5.74, 6) is -0.254. The molecule has 5 nitrogen and oxygen atoms in total. The van der Waals surface area contributed by atoms with Crippen LogP contribution in [0.4, 0.5) is 5.69 Å². The summed E-state index contributed by atoms with van der Waals surface area (Å²) < 4.78 is 27.4. The van der Waals surface area contributed by atoms with E-state index in [9.17, 15) is 13.2 Å². The number of nitrogens with one attached hydrogen (secondary N) is 2. The van der Waals surface area contributed by atoms with Gasteiger partial charge < -0.3 is 5.32 Å². The normalized spacial score (nSPS) is 11.3. The molecule has 2 aromatic rings. The highest BCUT2D eigenvalue weighted by molar-refractivity contribution is 9.10. The first-order valence-electron chi connectivity index (χ1n) is 7.50. The number of carbonyl (C=O) groups is 1. The van der Waals surface area contributed by atoms with Crippen LogP contribution in [0.15, 0.2) is 51.8 Å². The Morgan fingerprint density at radius 3 is 2.38 bits per heavy atom. The van der Waals surface area contributed by atoms with Crippen molar-refractivity contribution in [1.29, 1.82) is 0 Å². The molecule has 2 N–H and O–H groups in total. The molecule has 0 fully saturated rings. The van der Waals surface area contributed by atoms with E-state index in [1.807, 2.05) is 19.9 Å². The standard InChI is InChI=1S/C17H19BrN2O3S/c1-3-10-19-24(22,23)15-8-6-14(7-9-15)20-17(21)13-5-4-12(2)16(18)11-13/h4-9,11,19H,3,10H2,1-2H3,(H,20,21). The maximum Gasteiger partial charge on any atom is 0.255 e. The SMILES string of the molecule is CCCNS(=O)(=O)c1ccc(NC(=O)c2ccc(C)c(Br)c2)cc1. The van der Waals surface area contributed by atoms with E-state index >= 15 is 0 Å². The van der Waals surface area contributed by atoms with Gasteiger partial charge in [0.2, 0.25) is 10.0 Å². The number of benzene rings is 2. The molecule has 7 heteroatoms. The van der Waals surface area contributed by atoms with E-state index in [-0.39, 0.29) is 10.8 Å². The maximum atomic E-state index is 12.2. The van der Waals surface area contributed by atoms with Gasteiger partial charge in [-0.25, -0.2) is 13.1 Å². The monoisotopic (exact) mass is 410 g/mol. The van der Waals surface area contributed by atoms with Gasteiger partial charge >= 0.3 is 0 Å². The molecule has 0 saturated carbocycles. The smallest absolute Gasteiger partial charge is 0.255 e. The van der Waals surface area contributed by atoms with Gasteiger partial charge in [-0.05, 0) is 55.3 Å². The average molecular weight is 411 g/mol. The lowest BCUT2D eigenvalue weighted by molar-refractivity contribution is 0.102. The number of anilines is 1. The summed E-state index contributed by atoms with van der Waals surface area (Å²) in [5, 5.41) is 2.75. The Labute approximate surface area is 150 Å². The number of sulfonamides is 1. The van der Waals surface area contributed by atoms with Crippen molar-refractivity contribution < 1.29 is 13.2 Å². The van der Waals surface area contributed by atoms with Gasteiger partial charge in [-0.15, -0.1) is 0 Å². The number of carbonyl (C=O) groups excluding carboxylic acids is 1. The quantitative estimate of drug-likeness (QED) is 0.761. The molecule has 0 saturated heterocycles. The molecule has 128 valence electrons. The lowest BCUT2D eigenvalue weighted by Gasteiger charge is -2.09. The average Bonchev–Trinajstić information content (AvgIpc) is 2.56. The van der Waals surface area contributed by atoms with Gasteiger partial charge in [0, 0.05) is 22.3 Å².